The van der Waals surface area contributed by atoms with Crippen molar-refractivity contribution in [2.75, 3.05) is 27.2 Å². The molecular weight excluding hydrogens is 424 g/mol. The van der Waals surface area contributed by atoms with Crippen LogP contribution in [0.1, 0.15) is 31.7 Å². The summed E-state index contributed by atoms with van der Waals surface area (Å²) >= 11 is 0. The Kier molecular flexibility index (Phi) is 7.69. The van der Waals surface area contributed by atoms with Crippen LogP contribution in [0.25, 0.3) is 11.0 Å². The summed E-state index contributed by atoms with van der Waals surface area (Å²) in [4.78, 5) is 19.6. The third-order valence-corrected chi connectivity index (χ3v) is 7.51. The molecule has 0 bridgehead atoms. The molecule has 0 saturated carbocycles. The normalized spacial score (nSPS) is 11.9. The van der Waals surface area contributed by atoms with Crippen molar-refractivity contribution in [1.29, 1.82) is 0 Å². The summed E-state index contributed by atoms with van der Waals surface area (Å²) < 4.78 is 28.2. The Bertz CT molecular complexity index is 1170. The van der Waals surface area contributed by atoms with E-state index in [0.29, 0.717) is 38.0 Å². The lowest BCUT2D eigenvalue weighted by Gasteiger charge is -2.21. The molecule has 0 unspecified atom stereocenters. The number of hydrogen-bond acceptors (Lipinski definition) is 4. The molecule has 1 amide bonds. The third-order valence-electron chi connectivity index (χ3n) is 5.70. The minimum atomic E-state index is -3.53. The van der Waals surface area contributed by atoms with Crippen LogP contribution in [0.5, 0.6) is 0 Å². The molecule has 32 heavy (non-hydrogen) atoms. The Morgan fingerprint density at radius 3 is 2.38 bits per heavy atom. The molecule has 0 aliphatic carbocycles. The molecule has 0 radical (unpaired) electrons. The number of nitrogens with zero attached hydrogens (tertiary/aromatic N) is 4. The second-order valence-electron chi connectivity index (χ2n) is 7.92. The molecule has 8 heteroatoms. The van der Waals surface area contributed by atoms with Gasteiger partial charge in [-0.05, 0) is 44.0 Å². The second kappa shape index (κ2) is 10.3. The van der Waals surface area contributed by atoms with Crippen LogP contribution in [-0.4, -0.2) is 60.3 Å². The highest BCUT2D eigenvalue weighted by Crippen LogP contribution is 2.23. The first-order chi connectivity index (χ1) is 15.3. The molecule has 0 N–H and O–H groups in total. The van der Waals surface area contributed by atoms with Gasteiger partial charge in [-0.25, -0.2) is 17.7 Å². The van der Waals surface area contributed by atoms with E-state index in [4.69, 9.17) is 0 Å². The minimum Gasteiger partial charge on any atom is -0.343 e. The maximum atomic E-state index is 12.8. The zero-order chi connectivity index (χ0) is 23.3. The molecule has 0 aliphatic heterocycles. The summed E-state index contributed by atoms with van der Waals surface area (Å²) in [6, 6.07) is 15.2. The Morgan fingerprint density at radius 1 is 1.03 bits per heavy atom. The lowest BCUT2D eigenvalue weighted by molar-refractivity contribution is -0.131. The summed E-state index contributed by atoms with van der Waals surface area (Å²) in [6.45, 7) is 6.08. The molecule has 0 spiro atoms. The highest BCUT2D eigenvalue weighted by molar-refractivity contribution is 7.89. The second-order valence-corrected chi connectivity index (χ2v) is 10.1. The van der Waals surface area contributed by atoms with Gasteiger partial charge in [-0.2, -0.15) is 0 Å². The van der Waals surface area contributed by atoms with E-state index in [1.807, 2.05) is 36.9 Å². The first-order valence-corrected chi connectivity index (χ1v) is 12.4. The fraction of sp³-hybridized carbons (Fsp3) is 0.417. The minimum absolute atomic E-state index is 0.106. The predicted molar refractivity (Wildman–Crippen MR) is 127 cm³/mol. The molecule has 0 atom stereocenters. The summed E-state index contributed by atoms with van der Waals surface area (Å²) in [5, 5.41) is 0. The van der Waals surface area contributed by atoms with Crippen molar-refractivity contribution >= 4 is 27.0 Å². The van der Waals surface area contributed by atoms with Crippen LogP contribution in [0.4, 0.5) is 0 Å². The van der Waals surface area contributed by atoms with E-state index < -0.39 is 10.0 Å². The van der Waals surface area contributed by atoms with E-state index in [1.165, 1.54) is 24.0 Å². The van der Waals surface area contributed by atoms with Crippen LogP contribution < -0.4 is 0 Å². The van der Waals surface area contributed by atoms with Gasteiger partial charge in [-0.1, -0.05) is 30.3 Å². The lowest BCUT2D eigenvalue weighted by Crippen LogP contribution is -2.33. The predicted octanol–water partition coefficient (Wildman–Crippen LogP) is 3.33. The molecular formula is C24H32N4O3S. The van der Waals surface area contributed by atoms with Crippen LogP contribution in [0.15, 0.2) is 53.4 Å². The van der Waals surface area contributed by atoms with E-state index in [0.717, 1.165) is 17.8 Å². The van der Waals surface area contributed by atoms with Gasteiger partial charge in [0.05, 0.1) is 15.9 Å². The number of rotatable bonds is 10. The van der Waals surface area contributed by atoms with E-state index in [1.54, 1.807) is 18.2 Å². The molecule has 7 nitrogen and oxygen atoms in total. The molecule has 1 aromatic heterocycles. The van der Waals surface area contributed by atoms with Crippen molar-refractivity contribution in [3.05, 3.63) is 59.9 Å². The summed E-state index contributed by atoms with van der Waals surface area (Å²) in [7, 11) is -0.500. The van der Waals surface area contributed by atoms with E-state index in [9.17, 15) is 13.2 Å². The molecule has 172 valence electrons. The number of carbonyl (C=O) groups is 1. The van der Waals surface area contributed by atoms with Crippen LogP contribution in [0.3, 0.4) is 0 Å². The zero-order valence-electron chi connectivity index (χ0n) is 19.3. The number of carbonyl (C=O) groups excluding carboxylic acids is 1. The Hall–Kier alpha value is -2.71. The number of hydrogen-bond donors (Lipinski definition) is 0. The third kappa shape index (κ3) is 5.19. The van der Waals surface area contributed by atoms with Crippen molar-refractivity contribution < 1.29 is 13.2 Å². The number of likely N-dealkylation sites (N-methyl/N-ethyl adjacent to an activating group) is 1. The monoisotopic (exact) mass is 456 g/mol. The number of aryl methyl sites for hydroxylation is 2. The topological polar surface area (TPSA) is 75.5 Å². The fourth-order valence-corrected chi connectivity index (χ4v) is 4.74. The standard InChI is InChI=1S/C24H32N4O3S/c1-5-27(17-16-19-10-8-7-9-11-19)24(29)15-14-23-25-21-18-20(32(30,31)26(3)4)12-13-22(21)28(23)6-2/h7-13,18H,5-6,14-17H2,1-4H3. The first-order valence-electron chi connectivity index (χ1n) is 11.0. The van der Waals surface area contributed by atoms with Gasteiger partial charge in [-0.15, -0.1) is 0 Å². The number of sulfonamides is 1. The van der Waals surface area contributed by atoms with Crippen molar-refractivity contribution in [3.63, 3.8) is 0 Å². The van der Waals surface area contributed by atoms with Gasteiger partial charge in [-0.3, -0.25) is 4.79 Å². The van der Waals surface area contributed by atoms with Gasteiger partial charge < -0.3 is 9.47 Å². The quantitative estimate of drug-likeness (QED) is 0.469. The number of benzene rings is 2. The average Bonchev–Trinajstić information content (AvgIpc) is 3.15. The molecule has 0 aliphatic rings. The smallest absolute Gasteiger partial charge is 0.242 e. The molecule has 3 rings (SSSR count). The molecule has 0 saturated heterocycles. The number of amides is 1. The molecule has 0 fully saturated rings. The van der Waals surface area contributed by atoms with Crippen LogP contribution in [0.2, 0.25) is 0 Å². The van der Waals surface area contributed by atoms with Crippen LogP contribution >= 0.6 is 0 Å². The van der Waals surface area contributed by atoms with Gasteiger partial charge in [0.25, 0.3) is 0 Å². The molecule has 3 aromatic rings. The number of aromatic nitrogens is 2. The molecule has 1 heterocycles. The van der Waals surface area contributed by atoms with Gasteiger partial charge in [0, 0.05) is 46.6 Å². The van der Waals surface area contributed by atoms with Gasteiger partial charge in [0.15, 0.2) is 0 Å². The van der Waals surface area contributed by atoms with Gasteiger partial charge in [0.1, 0.15) is 5.82 Å². The molecule has 2 aromatic carbocycles. The van der Waals surface area contributed by atoms with E-state index >= 15 is 0 Å². The summed E-state index contributed by atoms with van der Waals surface area (Å²) in [5.41, 5.74) is 2.73. The van der Waals surface area contributed by atoms with Gasteiger partial charge >= 0.3 is 0 Å². The maximum absolute atomic E-state index is 12.8. The van der Waals surface area contributed by atoms with Crippen LogP contribution in [-0.2, 0) is 34.2 Å². The summed E-state index contributed by atoms with van der Waals surface area (Å²) in [6.07, 6.45) is 1.71. The van der Waals surface area contributed by atoms with Crippen molar-refractivity contribution in [2.24, 2.45) is 0 Å². The zero-order valence-corrected chi connectivity index (χ0v) is 20.1. The van der Waals surface area contributed by atoms with Crippen molar-refractivity contribution in [2.45, 2.75) is 44.6 Å². The lowest BCUT2D eigenvalue weighted by atomic mass is 10.1. The number of fused-ring (bicyclic) bond motifs is 1. The Labute approximate surface area is 190 Å². The maximum Gasteiger partial charge on any atom is 0.242 e. The van der Waals surface area contributed by atoms with Crippen molar-refractivity contribution in [1.82, 2.24) is 18.8 Å². The Morgan fingerprint density at radius 2 is 1.75 bits per heavy atom. The largest absolute Gasteiger partial charge is 0.343 e. The van der Waals surface area contributed by atoms with E-state index in [-0.39, 0.29) is 10.8 Å². The SMILES string of the molecule is CCN(CCc1ccccc1)C(=O)CCc1nc2cc(S(=O)(=O)N(C)C)ccc2n1CC. The van der Waals surface area contributed by atoms with Crippen molar-refractivity contribution in [3.8, 4) is 0 Å². The first kappa shape index (κ1) is 23.9. The average molecular weight is 457 g/mol. The fourth-order valence-electron chi connectivity index (χ4n) is 3.82. The van der Waals surface area contributed by atoms with E-state index in [2.05, 4.69) is 21.7 Å². The Balaban J connectivity index is 1.73. The van der Waals surface area contributed by atoms with Gasteiger partial charge in [0.2, 0.25) is 15.9 Å². The highest BCUT2D eigenvalue weighted by atomic mass is 32.2. The number of imidazole rings is 1. The summed E-state index contributed by atoms with van der Waals surface area (Å²) in [5.74, 6) is 0.906. The highest BCUT2D eigenvalue weighted by Gasteiger charge is 2.20. The van der Waals surface area contributed by atoms with Crippen LogP contribution in [0, 0.1) is 0 Å².